The summed E-state index contributed by atoms with van der Waals surface area (Å²) in [7, 11) is -3.81. The van der Waals surface area contributed by atoms with Crippen molar-refractivity contribution in [3.05, 3.63) is 36.2 Å². The molecule has 0 aliphatic rings. The molecule has 0 saturated carbocycles. The molecule has 114 valence electrons. The number of para-hydroxylation sites is 1. The molecule has 5 nitrogen and oxygen atoms in total. The second-order valence-electron chi connectivity index (χ2n) is 4.27. The van der Waals surface area contributed by atoms with Gasteiger partial charge in [-0.15, -0.1) is 10.2 Å². The van der Waals surface area contributed by atoms with E-state index in [2.05, 4.69) is 58.0 Å². The second-order valence-corrected chi connectivity index (χ2v) is 14.6. The molecular weight excluding hydrogens is 490 g/mol. The van der Waals surface area contributed by atoms with Crippen LogP contribution in [0, 0.1) is 0 Å². The summed E-state index contributed by atoms with van der Waals surface area (Å²) < 4.78 is 25.3. The van der Waals surface area contributed by atoms with Gasteiger partial charge in [-0.1, -0.05) is 25.1 Å². The van der Waals surface area contributed by atoms with Crippen molar-refractivity contribution in [1.82, 2.24) is 14.8 Å². The van der Waals surface area contributed by atoms with Crippen LogP contribution in [0.25, 0.3) is 5.69 Å². The van der Waals surface area contributed by atoms with Crippen LogP contribution in [0.3, 0.4) is 0 Å². The number of halogens is 3. The molecule has 0 aliphatic carbocycles. The molecule has 0 fully saturated rings. The van der Waals surface area contributed by atoms with E-state index in [-0.39, 0.29) is 5.16 Å². The van der Waals surface area contributed by atoms with Crippen LogP contribution in [-0.4, -0.2) is 24.7 Å². The fourth-order valence-electron chi connectivity index (χ4n) is 1.80. The molecule has 9 heteroatoms. The highest BCUT2D eigenvalue weighted by Gasteiger charge is 2.42. The highest BCUT2D eigenvalue weighted by Crippen LogP contribution is 2.43. The molecule has 0 aliphatic heterocycles. The highest BCUT2D eigenvalue weighted by atomic mass is 80.0. The van der Waals surface area contributed by atoms with Crippen LogP contribution in [-0.2, 0) is 16.3 Å². The molecule has 1 aromatic carbocycles. The van der Waals surface area contributed by atoms with Crippen LogP contribution in [0.4, 0.5) is 0 Å². The summed E-state index contributed by atoms with van der Waals surface area (Å²) in [5.41, 5.74) is 0.710. The Morgan fingerprint density at radius 3 is 2.29 bits per heavy atom. The number of benzene rings is 1. The summed E-state index contributed by atoms with van der Waals surface area (Å²) in [6.45, 7) is 2.00. The number of aromatic nitrogens is 3. The third-order valence-electron chi connectivity index (χ3n) is 2.73. The Kier molecular flexibility index (Phi) is 5.27. The van der Waals surface area contributed by atoms with Gasteiger partial charge in [0.15, 0.2) is 0 Å². The lowest BCUT2D eigenvalue weighted by Crippen LogP contribution is -2.22. The zero-order valence-corrected chi connectivity index (χ0v) is 16.6. The van der Waals surface area contributed by atoms with Crippen molar-refractivity contribution in [2.75, 3.05) is 0 Å². The van der Waals surface area contributed by atoms with Crippen molar-refractivity contribution in [3.63, 3.8) is 0 Å². The number of rotatable bonds is 4. The number of aryl methyl sites for hydroxylation is 1. The summed E-state index contributed by atoms with van der Waals surface area (Å²) in [6, 6.07) is 9.18. The molecule has 0 saturated heterocycles. The molecule has 0 radical (unpaired) electrons. The molecule has 2 aromatic rings. The average molecular weight is 502 g/mol. The van der Waals surface area contributed by atoms with Gasteiger partial charge in [0, 0.05) is 12.1 Å². The van der Waals surface area contributed by atoms with Crippen molar-refractivity contribution < 1.29 is 8.42 Å². The number of alkyl halides is 3. The number of hydrogen-bond acceptors (Lipinski definition) is 4. The first-order valence-electron chi connectivity index (χ1n) is 6.10. The molecule has 0 N–H and O–H groups in total. The predicted octanol–water partition coefficient (Wildman–Crippen LogP) is 3.79. The number of hydrogen-bond donors (Lipinski definition) is 0. The standard InChI is InChI=1S/C12H12Br3N3O2S/c1-2-6-10-16-17-11(21(19,20)12(13,14)15)18(10)9-7-4-3-5-8-9/h3-5,7-8H,2,6H2,1H3. The Labute approximate surface area is 148 Å². The lowest BCUT2D eigenvalue weighted by molar-refractivity contribution is 0.585. The molecule has 0 atom stereocenters. The molecule has 0 bridgehead atoms. The fourth-order valence-corrected chi connectivity index (χ4v) is 3.91. The molecule has 1 heterocycles. The van der Waals surface area contributed by atoms with Crippen LogP contribution in [0.1, 0.15) is 19.2 Å². The van der Waals surface area contributed by atoms with Gasteiger partial charge in [0.25, 0.3) is 5.16 Å². The van der Waals surface area contributed by atoms with Crippen LogP contribution in [0.5, 0.6) is 0 Å². The van der Waals surface area contributed by atoms with Gasteiger partial charge in [-0.3, -0.25) is 4.57 Å². The van der Waals surface area contributed by atoms with Gasteiger partial charge in [-0.25, -0.2) is 8.42 Å². The Bertz CT molecular complexity index is 724. The second kappa shape index (κ2) is 6.47. The maximum Gasteiger partial charge on any atom is 0.257 e. The first-order valence-corrected chi connectivity index (χ1v) is 9.96. The number of sulfone groups is 1. The van der Waals surface area contributed by atoms with E-state index in [1.54, 1.807) is 4.57 Å². The Morgan fingerprint density at radius 1 is 1.14 bits per heavy atom. The average Bonchev–Trinajstić information content (AvgIpc) is 2.83. The van der Waals surface area contributed by atoms with E-state index in [0.717, 1.165) is 6.42 Å². The topological polar surface area (TPSA) is 64.8 Å². The summed E-state index contributed by atoms with van der Waals surface area (Å²) in [5, 5.41) is 7.80. The first-order chi connectivity index (χ1) is 9.79. The molecule has 2 rings (SSSR count). The zero-order valence-electron chi connectivity index (χ0n) is 11.0. The molecule has 1 aromatic heterocycles. The van der Waals surface area contributed by atoms with Crippen LogP contribution >= 0.6 is 47.8 Å². The van der Waals surface area contributed by atoms with Gasteiger partial charge in [0.05, 0.1) is 0 Å². The van der Waals surface area contributed by atoms with Gasteiger partial charge in [-0.2, -0.15) is 0 Å². The maximum absolute atomic E-state index is 12.6. The van der Waals surface area contributed by atoms with Gasteiger partial charge >= 0.3 is 0 Å². The van der Waals surface area contributed by atoms with Crippen LogP contribution in [0.15, 0.2) is 35.5 Å². The summed E-state index contributed by atoms with van der Waals surface area (Å²) in [6.07, 6.45) is 1.48. The monoisotopic (exact) mass is 499 g/mol. The summed E-state index contributed by atoms with van der Waals surface area (Å²) in [5.74, 6) is 0.610. The third-order valence-corrected chi connectivity index (χ3v) is 7.92. The van der Waals surface area contributed by atoms with E-state index in [1.807, 2.05) is 37.3 Å². The van der Waals surface area contributed by atoms with Crippen molar-refractivity contribution in [1.29, 1.82) is 0 Å². The van der Waals surface area contributed by atoms with Crippen LogP contribution < -0.4 is 0 Å². The largest absolute Gasteiger partial charge is 0.270 e. The Hall–Kier alpha value is -0.250. The van der Waals surface area contributed by atoms with Gasteiger partial charge in [0.2, 0.25) is 11.3 Å². The highest BCUT2D eigenvalue weighted by molar-refractivity contribution is 9.42. The smallest absolute Gasteiger partial charge is 0.257 e. The molecule has 0 spiro atoms. The van der Waals surface area contributed by atoms with Crippen molar-refractivity contribution >= 4 is 57.6 Å². The summed E-state index contributed by atoms with van der Waals surface area (Å²) in [4.78, 5) is 0. The van der Waals surface area contributed by atoms with Crippen molar-refractivity contribution in [2.45, 2.75) is 26.4 Å². The normalized spacial score (nSPS) is 12.6. The predicted molar refractivity (Wildman–Crippen MR) is 92.1 cm³/mol. The molecule has 21 heavy (non-hydrogen) atoms. The molecule has 0 unspecified atom stereocenters. The number of nitrogens with zero attached hydrogens (tertiary/aromatic N) is 3. The fraction of sp³-hybridized carbons (Fsp3) is 0.333. The zero-order chi connectivity index (χ0) is 15.7. The lowest BCUT2D eigenvalue weighted by Gasteiger charge is -2.15. The van der Waals surface area contributed by atoms with E-state index >= 15 is 0 Å². The van der Waals surface area contributed by atoms with E-state index in [4.69, 9.17) is 0 Å². The lowest BCUT2D eigenvalue weighted by atomic mass is 10.3. The minimum atomic E-state index is -3.81. The first kappa shape index (κ1) is 17.1. The quantitative estimate of drug-likeness (QED) is 0.598. The van der Waals surface area contributed by atoms with Gasteiger partial charge in [-0.05, 0) is 66.3 Å². The van der Waals surface area contributed by atoms with Crippen molar-refractivity contribution in [2.24, 2.45) is 0 Å². The molecule has 0 amide bonds. The van der Waals surface area contributed by atoms with Crippen LogP contribution in [0.2, 0.25) is 0 Å². The minimum absolute atomic E-state index is 0.122. The molecular formula is C12H12Br3N3O2S. The maximum atomic E-state index is 12.6. The Balaban J connectivity index is 2.70. The van der Waals surface area contributed by atoms with E-state index in [1.165, 1.54) is 0 Å². The SMILES string of the molecule is CCCc1nnc(S(=O)(=O)C(Br)(Br)Br)n1-c1ccccc1. The van der Waals surface area contributed by atoms with E-state index in [9.17, 15) is 8.42 Å². The van der Waals surface area contributed by atoms with E-state index in [0.29, 0.717) is 17.9 Å². The van der Waals surface area contributed by atoms with Gasteiger partial charge in [0.1, 0.15) is 5.82 Å². The summed E-state index contributed by atoms with van der Waals surface area (Å²) >= 11 is 9.17. The Morgan fingerprint density at radius 2 is 1.76 bits per heavy atom. The third kappa shape index (κ3) is 3.40. The van der Waals surface area contributed by atoms with E-state index < -0.39 is 11.3 Å². The minimum Gasteiger partial charge on any atom is -0.270 e. The van der Waals surface area contributed by atoms with Gasteiger partial charge < -0.3 is 0 Å². The van der Waals surface area contributed by atoms with Crippen molar-refractivity contribution in [3.8, 4) is 5.69 Å².